The highest BCUT2D eigenvalue weighted by atomic mass is 15.2. The maximum atomic E-state index is 6.21. The monoisotopic (exact) mass is 216 g/mol. The average molecular weight is 216 g/mol. The molecule has 2 heteroatoms. The van der Waals surface area contributed by atoms with Gasteiger partial charge in [-0.25, -0.2) is 0 Å². The topological polar surface area (TPSA) is 29.3 Å². The predicted octanol–water partition coefficient (Wildman–Crippen LogP) is 2.23. The number of aryl methyl sites for hydroxylation is 1. The fourth-order valence-electron chi connectivity index (χ4n) is 3.16. The van der Waals surface area contributed by atoms with Gasteiger partial charge in [0.2, 0.25) is 0 Å². The summed E-state index contributed by atoms with van der Waals surface area (Å²) in [7, 11) is 0. The fourth-order valence-corrected chi connectivity index (χ4v) is 3.16. The Bertz CT molecular complexity index is 411. The fraction of sp³-hybridized carbons (Fsp3) is 0.571. The summed E-state index contributed by atoms with van der Waals surface area (Å²) >= 11 is 0. The SMILES string of the molecule is CCC(N)N1CCc2ccc3c(c21)CCC3. The van der Waals surface area contributed by atoms with Gasteiger partial charge in [-0.05, 0) is 48.8 Å². The van der Waals surface area contributed by atoms with Crippen molar-refractivity contribution < 1.29 is 0 Å². The second kappa shape index (κ2) is 3.77. The van der Waals surface area contributed by atoms with Crippen LogP contribution in [0.5, 0.6) is 0 Å². The molecule has 1 aromatic carbocycles. The zero-order chi connectivity index (χ0) is 11.1. The number of anilines is 1. The van der Waals surface area contributed by atoms with Crippen LogP contribution in [0.1, 0.15) is 36.5 Å². The van der Waals surface area contributed by atoms with Crippen molar-refractivity contribution in [3.05, 3.63) is 28.8 Å². The minimum atomic E-state index is 0.202. The first kappa shape index (κ1) is 10.2. The highest BCUT2D eigenvalue weighted by Crippen LogP contribution is 2.38. The van der Waals surface area contributed by atoms with Crippen molar-refractivity contribution in [3.8, 4) is 0 Å². The summed E-state index contributed by atoms with van der Waals surface area (Å²) < 4.78 is 0. The van der Waals surface area contributed by atoms with Crippen LogP contribution in [0.4, 0.5) is 5.69 Å². The van der Waals surface area contributed by atoms with E-state index in [0.717, 1.165) is 13.0 Å². The first-order chi connectivity index (χ1) is 7.81. The van der Waals surface area contributed by atoms with Gasteiger partial charge < -0.3 is 10.6 Å². The lowest BCUT2D eigenvalue weighted by Crippen LogP contribution is -2.40. The van der Waals surface area contributed by atoms with Gasteiger partial charge in [-0.1, -0.05) is 19.1 Å². The number of nitrogens with two attached hydrogens (primary N) is 1. The maximum absolute atomic E-state index is 6.21. The van der Waals surface area contributed by atoms with Crippen molar-refractivity contribution in [1.29, 1.82) is 0 Å². The Morgan fingerprint density at radius 3 is 2.88 bits per heavy atom. The van der Waals surface area contributed by atoms with Crippen molar-refractivity contribution in [2.24, 2.45) is 5.73 Å². The molecule has 0 bridgehead atoms. The van der Waals surface area contributed by atoms with Gasteiger partial charge in [-0.2, -0.15) is 0 Å². The lowest BCUT2D eigenvalue weighted by atomic mass is 10.0. The van der Waals surface area contributed by atoms with Crippen LogP contribution in [-0.2, 0) is 19.3 Å². The molecule has 0 amide bonds. The summed E-state index contributed by atoms with van der Waals surface area (Å²) in [5.41, 5.74) is 12.4. The standard InChI is InChI=1S/C14H20N2/c1-2-13(15)16-9-8-11-7-6-10-4-3-5-12(10)14(11)16/h6-7,13H,2-5,8-9,15H2,1H3. The van der Waals surface area contributed by atoms with E-state index in [9.17, 15) is 0 Å². The summed E-state index contributed by atoms with van der Waals surface area (Å²) in [6.45, 7) is 3.28. The molecule has 0 aromatic heterocycles. The van der Waals surface area contributed by atoms with Gasteiger partial charge in [0.05, 0.1) is 6.17 Å². The van der Waals surface area contributed by atoms with E-state index in [-0.39, 0.29) is 6.17 Å². The minimum Gasteiger partial charge on any atom is -0.355 e. The molecule has 2 nitrogen and oxygen atoms in total. The smallest absolute Gasteiger partial charge is 0.0768 e. The Morgan fingerprint density at radius 1 is 1.25 bits per heavy atom. The molecule has 1 aliphatic carbocycles. The largest absolute Gasteiger partial charge is 0.355 e. The summed E-state index contributed by atoms with van der Waals surface area (Å²) in [6, 6.07) is 4.66. The van der Waals surface area contributed by atoms with E-state index < -0.39 is 0 Å². The van der Waals surface area contributed by atoms with Gasteiger partial charge in [0, 0.05) is 12.2 Å². The lowest BCUT2D eigenvalue weighted by Gasteiger charge is -2.28. The highest BCUT2D eigenvalue weighted by molar-refractivity contribution is 5.67. The number of benzene rings is 1. The summed E-state index contributed by atoms with van der Waals surface area (Å²) in [5.74, 6) is 0. The predicted molar refractivity (Wildman–Crippen MR) is 67.8 cm³/mol. The second-order valence-corrected chi connectivity index (χ2v) is 4.98. The van der Waals surface area contributed by atoms with Crippen molar-refractivity contribution in [3.63, 3.8) is 0 Å². The third kappa shape index (κ3) is 1.36. The Morgan fingerprint density at radius 2 is 2.06 bits per heavy atom. The molecule has 16 heavy (non-hydrogen) atoms. The zero-order valence-corrected chi connectivity index (χ0v) is 10.00. The molecule has 0 saturated heterocycles. The van der Waals surface area contributed by atoms with Crippen molar-refractivity contribution in [2.45, 2.75) is 45.2 Å². The zero-order valence-electron chi connectivity index (χ0n) is 10.00. The van der Waals surface area contributed by atoms with Crippen molar-refractivity contribution >= 4 is 5.69 Å². The Balaban J connectivity index is 2.07. The molecular formula is C14H20N2. The number of hydrogen-bond acceptors (Lipinski definition) is 2. The summed E-state index contributed by atoms with van der Waals surface area (Å²) in [5, 5.41) is 0. The van der Waals surface area contributed by atoms with Gasteiger partial charge in [0.15, 0.2) is 0 Å². The molecule has 0 spiro atoms. The molecule has 3 rings (SSSR count). The van der Waals surface area contributed by atoms with Crippen molar-refractivity contribution in [2.75, 3.05) is 11.4 Å². The van der Waals surface area contributed by atoms with E-state index in [1.54, 1.807) is 11.1 Å². The van der Waals surface area contributed by atoms with Crippen LogP contribution in [0.3, 0.4) is 0 Å². The van der Waals surface area contributed by atoms with Crippen LogP contribution in [0.2, 0.25) is 0 Å². The molecule has 0 fully saturated rings. The van der Waals surface area contributed by atoms with Gasteiger partial charge in [-0.3, -0.25) is 0 Å². The van der Waals surface area contributed by atoms with E-state index >= 15 is 0 Å². The molecule has 2 aliphatic rings. The average Bonchev–Trinajstić information content (AvgIpc) is 2.92. The van der Waals surface area contributed by atoms with E-state index in [1.807, 2.05) is 0 Å². The number of hydrogen-bond donors (Lipinski definition) is 1. The lowest BCUT2D eigenvalue weighted by molar-refractivity contribution is 0.608. The highest BCUT2D eigenvalue weighted by Gasteiger charge is 2.28. The molecule has 86 valence electrons. The molecule has 1 aromatic rings. The molecule has 1 unspecified atom stereocenters. The number of rotatable bonds is 2. The van der Waals surface area contributed by atoms with E-state index in [2.05, 4.69) is 24.0 Å². The Hall–Kier alpha value is -1.02. The second-order valence-electron chi connectivity index (χ2n) is 4.98. The first-order valence-electron chi connectivity index (χ1n) is 6.47. The third-order valence-electron chi connectivity index (χ3n) is 4.06. The number of nitrogens with zero attached hydrogens (tertiary/aromatic N) is 1. The van der Waals surface area contributed by atoms with Gasteiger partial charge in [-0.15, -0.1) is 0 Å². The van der Waals surface area contributed by atoms with Gasteiger partial charge >= 0.3 is 0 Å². The summed E-state index contributed by atoms with van der Waals surface area (Å²) in [4.78, 5) is 2.43. The number of fused-ring (bicyclic) bond motifs is 3. The first-order valence-corrected chi connectivity index (χ1v) is 6.47. The van der Waals surface area contributed by atoms with Crippen LogP contribution in [0.25, 0.3) is 0 Å². The van der Waals surface area contributed by atoms with Crippen LogP contribution in [-0.4, -0.2) is 12.7 Å². The van der Waals surface area contributed by atoms with Crippen LogP contribution in [0, 0.1) is 0 Å². The molecule has 2 N–H and O–H groups in total. The Labute approximate surface area is 97.4 Å². The quantitative estimate of drug-likeness (QED) is 0.821. The van der Waals surface area contributed by atoms with E-state index in [0.29, 0.717) is 0 Å². The molecule has 1 heterocycles. The minimum absolute atomic E-state index is 0.202. The molecule has 1 atom stereocenters. The molecular weight excluding hydrogens is 196 g/mol. The van der Waals surface area contributed by atoms with E-state index in [4.69, 9.17) is 5.73 Å². The molecule has 0 saturated carbocycles. The van der Waals surface area contributed by atoms with Crippen molar-refractivity contribution in [1.82, 2.24) is 0 Å². The molecule has 0 radical (unpaired) electrons. The molecule has 1 aliphatic heterocycles. The third-order valence-corrected chi connectivity index (χ3v) is 4.06. The maximum Gasteiger partial charge on any atom is 0.0768 e. The van der Waals surface area contributed by atoms with Crippen LogP contribution >= 0.6 is 0 Å². The van der Waals surface area contributed by atoms with Gasteiger partial charge in [0.25, 0.3) is 0 Å². The van der Waals surface area contributed by atoms with Crippen LogP contribution in [0.15, 0.2) is 12.1 Å². The normalized spacial score (nSPS) is 19.8. The van der Waals surface area contributed by atoms with Crippen LogP contribution < -0.4 is 10.6 Å². The van der Waals surface area contributed by atoms with Gasteiger partial charge in [0.1, 0.15) is 0 Å². The van der Waals surface area contributed by atoms with E-state index in [1.165, 1.54) is 36.9 Å². The Kier molecular flexibility index (Phi) is 2.40. The summed E-state index contributed by atoms with van der Waals surface area (Å²) in [6.07, 6.45) is 6.25.